The quantitative estimate of drug-likeness (QED) is 0.741. The Bertz CT molecular complexity index is 314. The Labute approximate surface area is 94.4 Å². The van der Waals surface area contributed by atoms with Gasteiger partial charge in [0.15, 0.2) is 5.44 Å². The van der Waals surface area contributed by atoms with Gasteiger partial charge < -0.3 is 9.64 Å². The molecule has 1 amide bonds. The van der Waals surface area contributed by atoms with Crippen LogP contribution in [0.2, 0.25) is 0 Å². The second-order valence-corrected chi connectivity index (χ2v) is 4.53. The highest BCUT2D eigenvalue weighted by molar-refractivity contribution is 8.13. The highest BCUT2D eigenvalue weighted by Crippen LogP contribution is 2.19. The minimum atomic E-state index is -0.178. The molecule has 0 spiro atoms. The van der Waals surface area contributed by atoms with Gasteiger partial charge in [0.25, 0.3) is 5.24 Å². The lowest BCUT2D eigenvalue weighted by molar-refractivity contribution is 0.239. The summed E-state index contributed by atoms with van der Waals surface area (Å²) in [4.78, 5) is 12.9. The monoisotopic (exact) mass is 225 g/mol. The van der Waals surface area contributed by atoms with E-state index in [1.165, 1.54) is 16.7 Å². The summed E-state index contributed by atoms with van der Waals surface area (Å²) < 4.78 is 5.55. The first kappa shape index (κ1) is 11.9. The first-order valence-corrected chi connectivity index (χ1v) is 5.57. The summed E-state index contributed by atoms with van der Waals surface area (Å²) in [6.07, 6.45) is 0. The molecule has 1 aromatic rings. The molecule has 1 rings (SSSR count). The molecule has 15 heavy (non-hydrogen) atoms. The number of nitrogens with zero attached hydrogens (tertiary/aromatic N) is 1. The lowest BCUT2D eigenvalue weighted by Crippen LogP contribution is -2.21. The number of thioether (sulfide) groups is 1. The molecule has 0 fully saturated rings. The fraction of sp³-hybridized carbons (Fsp3) is 0.364. The smallest absolute Gasteiger partial charge is 0.284 e. The Morgan fingerprint density at radius 2 is 1.93 bits per heavy atom. The van der Waals surface area contributed by atoms with Crippen LogP contribution in [-0.4, -0.2) is 29.7 Å². The van der Waals surface area contributed by atoms with Crippen molar-refractivity contribution in [1.82, 2.24) is 4.90 Å². The van der Waals surface area contributed by atoms with Crippen LogP contribution in [0.3, 0.4) is 0 Å². The zero-order valence-electron chi connectivity index (χ0n) is 9.14. The molecular weight excluding hydrogens is 210 g/mol. The van der Waals surface area contributed by atoms with Gasteiger partial charge in [0, 0.05) is 14.1 Å². The third-order valence-corrected chi connectivity index (χ3v) is 2.67. The molecule has 82 valence electrons. The van der Waals surface area contributed by atoms with E-state index in [4.69, 9.17) is 4.74 Å². The third kappa shape index (κ3) is 4.25. The zero-order valence-corrected chi connectivity index (χ0v) is 9.95. The summed E-state index contributed by atoms with van der Waals surface area (Å²) in [6.45, 7) is 1.86. The van der Waals surface area contributed by atoms with E-state index in [2.05, 4.69) is 0 Å². The van der Waals surface area contributed by atoms with Crippen LogP contribution >= 0.6 is 11.8 Å². The van der Waals surface area contributed by atoms with Gasteiger partial charge in [-0.15, -0.1) is 0 Å². The molecule has 3 nitrogen and oxygen atoms in total. The Kier molecular flexibility index (Phi) is 4.49. The fourth-order valence-corrected chi connectivity index (χ4v) is 1.62. The number of amides is 1. The largest absolute Gasteiger partial charge is 0.480 e. The van der Waals surface area contributed by atoms with Crippen molar-refractivity contribution in [2.24, 2.45) is 0 Å². The third-order valence-electron chi connectivity index (χ3n) is 1.68. The Morgan fingerprint density at radius 3 is 2.47 bits per heavy atom. The van der Waals surface area contributed by atoms with Crippen LogP contribution in [0.1, 0.15) is 6.92 Å². The molecule has 4 heteroatoms. The molecule has 0 radical (unpaired) electrons. The van der Waals surface area contributed by atoms with Crippen molar-refractivity contribution < 1.29 is 9.53 Å². The topological polar surface area (TPSA) is 29.5 Å². The van der Waals surface area contributed by atoms with Crippen molar-refractivity contribution in [1.29, 1.82) is 0 Å². The SMILES string of the molecule is CC(Oc1ccccc1)SC(=O)N(C)C. The lowest BCUT2D eigenvalue weighted by Gasteiger charge is -2.15. The molecule has 0 heterocycles. The van der Waals surface area contributed by atoms with Crippen molar-refractivity contribution in [2.45, 2.75) is 12.4 Å². The molecule has 0 aliphatic carbocycles. The molecule has 0 aromatic heterocycles. The van der Waals surface area contributed by atoms with E-state index in [1.54, 1.807) is 14.1 Å². The fourth-order valence-electron chi connectivity index (χ4n) is 0.962. The van der Waals surface area contributed by atoms with Gasteiger partial charge in [-0.05, 0) is 30.8 Å². The van der Waals surface area contributed by atoms with Crippen molar-refractivity contribution in [2.75, 3.05) is 14.1 Å². The highest BCUT2D eigenvalue weighted by Gasteiger charge is 2.12. The minimum Gasteiger partial charge on any atom is -0.480 e. The van der Waals surface area contributed by atoms with E-state index in [0.717, 1.165) is 5.75 Å². The predicted octanol–water partition coefficient (Wildman–Crippen LogP) is 2.83. The summed E-state index contributed by atoms with van der Waals surface area (Å²) in [5, 5.41) is -0.00145. The summed E-state index contributed by atoms with van der Waals surface area (Å²) >= 11 is 1.17. The van der Waals surface area contributed by atoms with Gasteiger partial charge in [-0.25, -0.2) is 0 Å². The average Bonchev–Trinajstić information content (AvgIpc) is 2.18. The second-order valence-electron chi connectivity index (χ2n) is 3.28. The van der Waals surface area contributed by atoms with E-state index < -0.39 is 0 Å². The average molecular weight is 225 g/mol. The maximum atomic E-state index is 11.4. The summed E-state index contributed by atoms with van der Waals surface area (Å²) in [5.41, 5.74) is -0.178. The Morgan fingerprint density at radius 1 is 1.33 bits per heavy atom. The van der Waals surface area contributed by atoms with Crippen molar-refractivity contribution in [3.8, 4) is 5.75 Å². The van der Waals surface area contributed by atoms with E-state index in [-0.39, 0.29) is 10.7 Å². The van der Waals surface area contributed by atoms with Gasteiger partial charge in [-0.3, -0.25) is 4.79 Å². The molecule has 0 aliphatic rings. The maximum Gasteiger partial charge on any atom is 0.284 e. The van der Waals surface area contributed by atoms with Gasteiger partial charge >= 0.3 is 0 Å². The Hall–Kier alpha value is -1.16. The zero-order chi connectivity index (χ0) is 11.3. The van der Waals surface area contributed by atoms with E-state index in [0.29, 0.717) is 0 Å². The molecule has 1 unspecified atom stereocenters. The molecule has 1 atom stereocenters. The normalized spacial score (nSPS) is 11.9. The van der Waals surface area contributed by atoms with Crippen molar-refractivity contribution in [3.05, 3.63) is 30.3 Å². The van der Waals surface area contributed by atoms with E-state index in [1.807, 2.05) is 37.3 Å². The number of hydrogen-bond donors (Lipinski definition) is 0. The molecule has 0 aliphatic heterocycles. The van der Waals surface area contributed by atoms with Crippen molar-refractivity contribution >= 4 is 17.0 Å². The number of ether oxygens (including phenoxy) is 1. The second kappa shape index (κ2) is 5.66. The van der Waals surface area contributed by atoms with E-state index in [9.17, 15) is 4.79 Å². The van der Waals surface area contributed by atoms with Crippen LogP contribution in [0.15, 0.2) is 30.3 Å². The van der Waals surface area contributed by atoms with Crippen LogP contribution in [-0.2, 0) is 0 Å². The number of rotatable bonds is 3. The molecule has 0 N–H and O–H groups in total. The maximum absolute atomic E-state index is 11.4. The highest BCUT2D eigenvalue weighted by atomic mass is 32.2. The molecule has 1 aromatic carbocycles. The van der Waals surface area contributed by atoms with Gasteiger partial charge in [0.2, 0.25) is 0 Å². The van der Waals surface area contributed by atoms with Gasteiger partial charge in [0.05, 0.1) is 0 Å². The lowest BCUT2D eigenvalue weighted by atomic mass is 10.3. The summed E-state index contributed by atoms with van der Waals surface area (Å²) in [6, 6.07) is 9.48. The standard InChI is InChI=1S/C11H15NO2S/c1-9(15-11(13)12(2)3)14-10-7-5-4-6-8-10/h4-9H,1-3H3. The molecule has 0 bridgehead atoms. The summed E-state index contributed by atoms with van der Waals surface area (Å²) in [7, 11) is 3.45. The molecule has 0 saturated heterocycles. The van der Waals surface area contributed by atoms with Crippen LogP contribution < -0.4 is 4.74 Å². The Balaban J connectivity index is 2.43. The number of para-hydroxylation sites is 1. The van der Waals surface area contributed by atoms with Crippen LogP contribution in [0, 0.1) is 0 Å². The number of carbonyl (C=O) groups excluding carboxylic acids is 1. The number of carbonyl (C=O) groups is 1. The first-order valence-electron chi connectivity index (χ1n) is 4.69. The predicted molar refractivity (Wildman–Crippen MR) is 63.2 cm³/mol. The van der Waals surface area contributed by atoms with Gasteiger partial charge in [-0.2, -0.15) is 0 Å². The van der Waals surface area contributed by atoms with Crippen LogP contribution in [0.4, 0.5) is 4.79 Å². The van der Waals surface area contributed by atoms with Crippen LogP contribution in [0.25, 0.3) is 0 Å². The van der Waals surface area contributed by atoms with Crippen molar-refractivity contribution in [3.63, 3.8) is 0 Å². The molecular formula is C11H15NO2S. The van der Waals surface area contributed by atoms with Crippen LogP contribution in [0.5, 0.6) is 5.75 Å². The minimum absolute atomic E-state index is 0.00145. The summed E-state index contributed by atoms with van der Waals surface area (Å²) in [5.74, 6) is 0.782. The number of hydrogen-bond acceptors (Lipinski definition) is 3. The molecule has 0 saturated carbocycles. The first-order chi connectivity index (χ1) is 7.09. The van der Waals surface area contributed by atoms with Gasteiger partial charge in [0.1, 0.15) is 5.75 Å². The number of benzene rings is 1. The van der Waals surface area contributed by atoms with Gasteiger partial charge in [-0.1, -0.05) is 18.2 Å². The van der Waals surface area contributed by atoms with E-state index >= 15 is 0 Å².